The van der Waals surface area contributed by atoms with Gasteiger partial charge in [0.05, 0.1) is 12.1 Å². The molecule has 1 fully saturated rings. The molecule has 1 saturated heterocycles. The van der Waals surface area contributed by atoms with Crippen LogP contribution >= 0.6 is 0 Å². The van der Waals surface area contributed by atoms with Gasteiger partial charge in [-0.15, -0.1) is 0 Å². The monoisotopic (exact) mass is 433 g/mol. The minimum atomic E-state index is -0.476. The molecular formula is C26H28FN3O2. The zero-order valence-electron chi connectivity index (χ0n) is 19.1. The van der Waals surface area contributed by atoms with E-state index in [-0.39, 0.29) is 29.5 Å². The van der Waals surface area contributed by atoms with Crippen molar-refractivity contribution in [1.29, 1.82) is 0 Å². The molecule has 0 radical (unpaired) electrons. The summed E-state index contributed by atoms with van der Waals surface area (Å²) in [4.78, 5) is 28.9. The van der Waals surface area contributed by atoms with Crippen LogP contribution in [0.5, 0.6) is 0 Å². The van der Waals surface area contributed by atoms with Crippen molar-refractivity contribution in [3.63, 3.8) is 0 Å². The molecule has 0 aromatic heterocycles. The van der Waals surface area contributed by atoms with E-state index in [4.69, 9.17) is 0 Å². The lowest BCUT2D eigenvalue weighted by Crippen LogP contribution is -2.44. The molecular weight excluding hydrogens is 405 g/mol. The lowest BCUT2D eigenvalue weighted by Gasteiger charge is -2.43. The summed E-state index contributed by atoms with van der Waals surface area (Å²) in [5.41, 5.74) is 6.26. The number of carbonyl (C=O) groups is 2. The van der Waals surface area contributed by atoms with E-state index in [1.807, 2.05) is 6.92 Å². The Balaban J connectivity index is 1.66. The molecule has 0 atom stereocenters. The maximum absolute atomic E-state index is 13.2. The number of fused-ring (bicyclic) bond motifs is 1. The number of imide groups is 1. The van der Waals surface area contributed by atoms with Crippen LogP contribution in [0, 0.1) is 12.7 Å². The third-order valence-electron chi connectivity index (χ3n) is 6.20. The number of likely N-dealkylation sites (N-methyl/N-ethyl adjacent to an activating group) is 1. The van der Waals surface area contributed by atoms with Crippen LogP contribution in [0.3, 0.4) is 0 Å². The van der Waals surface area contributed by atoms with E-state index in [1.165, 1.54) is 23.4 Å². The van der Waals surface area contributed by atoms with Crippen molar-refractivity contribution in [2.45, 2.75) is 46.7 Å². The number of urea groups is 1. The minimum Gasteiger partial charge on any atom is -0.363 e. The third-order valence-corrected chi connectivity index (χ3v) is 6.20. The van der Waals surface area contributed by atoms with Crippen LogP contribution in [0.15, 0.2) is 48.2 Å². The van der Waals surface area contributed by atoms with Crippen molar-refractivity contribution in [2.75, 3.05) is 11.4 Å². The maximum atomic E-state index is 13.2. The van der Waals surface area contributed by atoms with E-state index in [0.717, 1.165) is 28.1 Å². The van der Waals surface area contributed by atoms with Crippen molar-refractivity contribution in [2.24, 2.45) is 0 Å². The molecule has 2 heterocycles. The molecule has 6 heteroatoms. The Hall–Kier alpha value is -3.41. The van der Waals surface area contributed by atoms with E-state index in [9.17, 15) is 14.0 Å². The van der Waals surface area contributed by atoms with Gasteiger partial charge in [0.1, 0.15) is 11.5 Å². The van der Waals surface area contributed by atoms with Crippen LogP contribution in [0.25, 0.3) is 11.6 Å². The molecule has 5 nitrogen and oxygen atoms in total. The Morgan fingerprint density at radius 2 is 1.78 bits per heavy atom. The summed E-state index contributed by atoms with van der Waals surface area (Å²) >= 11 is 0. The van der Waals surface area contributed by atoms with Gasteiger partial charge < -0.3 is 10.2 Å². The number of nitrogens with zero attached hydrogens (tertiary/aromatic N) is 2. The number of aryl methyl sites for hydroxylation is 1. The predicted molar refractivity (Wildman–Crippen MR) is 125 cm³/mol. The fourth-order valence-corrected chi connectivity index (χ4v) is 4.62. The Kier molecular flexibility index (Phi) is 5.41. The normalized spacial score (nSPS) is 18.7. The summed E-state index contributed by atoms with van der Waals surface area (Å²) in [6, 6.07) is 9.54. The number of hydrogen-bond acceptors (Lipinski definition) is 3. The lowest BCUT2D eigenvalue weighted by atomic mass is 9.87. The first-order valence-electron chi connectivity index (χ1n) is 10.8. The second-order valence-corrected chi connectivity index (χ2v) is 8.96. The van der Waals surface area contributed by atoms with Crippen molar-refractivity contribution in [1.82, 2.24) is 10.2 Å². The summed E-state index contributed by atoms with van der Waals surface area (Å²) in [6.45, 7) is 11.6. The summed E-state index contributed by atoms with van der Waals surface area (Å²) in [5.74, 6) is -0.746. The summed E-state index contributed by atoms with van der Waals surface area (Å²) < 4.78 is 13.2. The molecule has 2 aromatic rings. The standard InChI is InChI=1S/C26H28FN3O2/c1-6-30-23-11-16(2)19(12-21(23)17(3)14-26(30,4)5)13-22-24(31)29(25(32)28-22)15-18-7-9-20(27)10-8-18/h7-14H,6,15H2,1-5H3,(H,28,32)/b22-13-. The van der Waals surface area contributed by atoms with Gasteiger partial charge in [-0.3, -0.25) is 9.69 Å². The van der Waals surface area contributed by atoms with Gasteiger partial charge in [0.15, 0.2) is 0 Å². The Labute approximate surface area is 188 Å². The predicted octanol–water partition coefficient (Wildman–Crippen LogP) is 5.25. The number of rotatable bonds is 4. The largest absolute Gasteiger partial charge is 0.363 e. The van der Waals surface area contributed by atoms with E-state index in [0.29, 0.717) is 5.56 Å². The van der Waals surface area contributed by atoms with Gasteiger partial charge >= 0.3 is 6.03 Å². The summed E-state index contributed by atoms with van der Waals surface area (Å²) in [7, 11) is 0. The molecule has 1 N–H and O–H groups in total. The number of amides is 3. The van der Waals surface area contributed by atoms with Gasteiger partial charge in [0.25, 0.3) is 5.91 Å². The van der Waals surface area contributed by atoms with E-state index in [2.05, 4.69) is 56.1 Å². The molecule has 0 aliphatic carbocycles. The van der Waals surface area contributed by atoms with E-state index >= 15 is 0 Å². The molecule has 0 saturated carbocycles. The number of allylic oxidation sites excluding steroid dienone is 1. The number of carbonyl (C=O) groups excluding carboxylic acids is 2. The second kappa shape index (κ2) is 7.93. The summed E-state index contributed by atoms with van der Waals surface area (Å²) in [5, 5.41) is 2.68. The highest BCUT2D eigenvalue weighted by Crippen LogP contribution is 2.40. The van der Waals surface area contributed by atoms with Crippen molar-refractivity contribution in [3.05, 3.63) is 76.2 Å². The van der Waals surface area contributed by atoms with Crippen LogP contribution in [0.4, 0.5) is 14.9 Å². The van der Waals surface area contributed by atoms with Crippen LogP contribution in [-0.4, -0.2) is 28.9 Å². The molecule has 32 heavy (non-hydrogen) atoms. The number of nitrogens with one attached hydrogen (secondary N) is 1. The second-order valence-electron chi connectivity index (χ2n) is 8.96. The highest BCUT2D eigenvalue weighted by Gasteiger charge is 2.34. The molecule has 2 aliphatic rings. The molecule has 0 spiro atoms. The molecule has 3 amide bonds. The first-order valence-corrected chi connectivity index (χ1v) is 10.8. The molecule has 2 aliphatic heterocycles. The van der Waals surface area contributed by atoms with Crippen LogP contribution in [0.2, 0.25) is 0 Å². The third kappa shape index (κ3) is 3.81. The van der Waals surface area contributed by atoms with Crippen molar-refractivity contribution >= 4 is 29.3 Å². The summed E-state index contributed by atoms with van der Waals surface area (Å²) in [6.07, 6.45) is 4.00. The maximum Gasteiger partial charge on any atom is 0.329 e. The number of halogens is 1. The van der Waals surface area contributed by atoms with Gasteiger partial charge in [-0.1, -0.05) is 18.2 Å². The highest BCUT2D eigenvalue weighted by atomic mass is 19.1. The zero-order chi connectivity index (χ0) is 23.2. The smallest absolute Gasteiger partial charge is 0.329 e. The van der Waals surface area contributed by atoms with Crippen LogP contribution in [-0.2, 0) is 11.3 Å². The SMILES string of the molecule is CCN1c2cc(C)c(/C=C3\NC(=O)N(Cc4ccc(F)cc4)C3=O)cc2C(C)=CC1(C)C. The van der Waals surface area contributed by atoms with Gasteiger partial charge in [0, 0.05) is 17.8 Å². The van der Waals surface area contributed by atoms with Crippen molar-refractivity contribution in [3.8, 4) is 0 Å². The van der Waals surface area contributed by atoms with E-state index in [1.54, 1.807) is 18.2 Å². The van der Waals surface area contributed by atoms with Gasteiger partial charge in [-0.2, -0.15) is 0 Å². The fourth-order valence-electron chi connectivity index (χ4n) is 4.62. The average molecular weight is 434 g/mol. The van der Waals surface area contributed by atoms with Gasteiger partial charge in [-0.25, -0.2) is 9.18 Å². The van der Waals surface area contributed by atoms with Gasteiger partial charge in [-0.05, 0) is 87.2 Å². The molecule has 4 rings (SSSR count). The average Bonchev–Trinajstić information content (AvgIpc) is 2.98. The lowest BCUT2D eigenvalue weighted by molar-refractivity contribution is -0.123. The Bertz CT molecular complexity index is 1160. The first kappa shape index (κ1) is 21.8. The fraction of sp³-hybridized carbons (Fsp3) is 0.308. The van der Waals surface area contributed by atoms with Crippen LogP contribution < -0.4 is 10.2 Å². The quantitative estimate of drug-likeness (QED) is 0.529. The van der Waals surface area contributed by atoms with Gasteiger partial charge in [0.2, 0.25) is 0 Å². The molecule has 0 unspecified atom stereocenters. The Morgan fingerprint density at radius 1 is 1.09 bits per heavy atom. The van der Waals surface area contributed by atoms with Crippen LogP contribution in [0.1, 0.15) is 49.9 Å². The molecule has 166 valence electrons. The number of anilines is 1. The Morgan fingerprint density at radius 3 is 2.44 bits per heavy atom. The molecule has 2 aromatic carbocycles. The number of hydrogen-bond donors (Lipinski definition) is 1. The van der Waals surface area contributed by atoms with E-state index < -0.39 is 6.03 Å². The zero-order valence-corrected chi connectivity index (χ0v) is 19.1. The first-order chi connectivity index (χ1) is 15.1. The molecule has 0 bridgehead atoms. The number of benzene rings is 2. The minimum absolute atomic E-state index is 0.0749. The van der Waals surface area contributed by atoms with Crippen molar-refractivity contribution < 1.29 is 14.0 Å². The highest BCUT2D eigenvalue weighted by molar-refractivity contribution is 6.14. The topological polar surface area (TPSA) is 52.7 Å².